The second-order valence-corrected chi connectivity index (χ2v) is 5.16. The van der Waals surface area contributed by atoms with E-state index in [0.717, 1.165) is 7.11 Å². The van der Waals surface area contributed by atoms with Crippen LogP contribution in [0.4, 0.5) is 0 Å². The SMILES string of the molecule is COC(=O)C1OCC(CC(=O)O)C(CC(=O)O)C1CC(=O)O. The Bertz CT molecular complexity index is 458. The lowest BCUT2D eigenvalue weighted by Gasteiger charge is -2.40. The minimum Gasteiger partial charge on any atom is -0.481 e. The number of esters is 1. The van der Waals surface area contributed by atoms with Gasteiger partial charge in [-0.15, -0.1) is 0 Å². The first kappa shape index (κ1) is 17.9. The molecule has 0 aromatic rings. The molecule has 0 radical (unpaired) electrons. The smallest absolute Gasteiger partial charge is 0.335 e. The highest BCUT2D eigenvalue weighted by Crippen LogP contribution is 2.38. The molecule has 124 valence electrons. The van der Waals surface area contributed by atoms with Gasteiger partial charge in [0.1, 0.15) is 0 Å². The van der Waals surface area contributed by atoms with Crippen molar-refractivity contribution < 1.29 is 44.0 Å². The van der Waals surface area contributed by atoms with Crippen LogP contribution in [0.5, 0.6) is 0 Å². The summed E-state index contributed by atoms with van der Waals surface area (Å²) in [6.07, 6.45) is -2.52. The predicted molar refractivity (Wildman–Crippen MR) is 69.0 cm³/mol. The van der Waals surface area contributed by atoms with Crippen molar-refractivity contribution in [2.24, 2.45) is 17.8 Å². The second kappa shape index (κ2) is 7.74. The lowest BCUT2D eigenvalue weighted by atomic mass is 9.72. The van der Waals surface area contributed by atoms with Gasteiger partial charge < -0.3 is 24.8 Å². The number of carboxylic acids is 3. The van der Waals surface area contributed by atoms with Crippen molar-refractivity contribution in [3.8, 4) is 0 Å². The van der Waals surface area contributed by atoms with Gasteiger partial charge in [-0.3, -0.25) is 14.4 Å². The Morgan fingerprint density at radius 2 is 1.45 bits per heavy atom. The van der Waals surface area contributed by atoms with Crippen LogP contribution in [0.15, 0.2) is 0 Å². The summed E-state index contributed by atoms with van der Waals surface area (Å²) in [6, 6.07) is 0. The van der Waals surface area contributed by atoms with E-state index in [-0.39, 0.29) is 13.0 Å². The summed E-state index contributed by atoms with van der Waals surface area (Å²) in [5, 5.41) is 26.9. The third-order valence-electron chi connectivity index (χ3n) is 3.73. The van der Waals surface area contributed by atoms with Crippen LogP contribution in [0, 0.1) is 17.8 Å². The van der Waals surface area contributed by atoms with Crippen molar-refractivity contribution in [3.63, 3.8) is 0 Å². The van der Waals surface area contributed by atoms with Crippen LogP contribution in [0.25, 0.3) is 0 Å². The Hall–Kier alpha value is -2.16. The summed E-state index contributed by atoms with van der Waals surface area (Å²) >= 11 is 0. The average Bonchev–Trinajstić information content (AvgIpc) is 2.40. The normalized spacial score (nSPS) is 27.9. The highest BCUT2D eigenvalue weighted by Gasteiger charge is 2.46. The van der Waals surface area contributed by atoms with Crippen LogP contribution in [-0.2, 0) is 28.7 Å². The van der Waals surface area contributed by atoms with Gasteiger partial charge in [-0.25, -0.2) is 4.79 Å². The van der Waals surface area contributed by atoms with Gasteiger partial charge in [-0.1, -0.05) is 0 Å². The fraction of sp³-hybridized carbons (Fsp3) is 0.692. The molecule has 9 nitrogen and oxygen atoms in total. The molecule has 0 saturated carbocycles. The number of ether oxygens (including phenoxy) is 2. The average molecular weight is 318 g/mol. The molecule has 0 aromatic heterocycles. The maximum atomic E-state index is 11.7. The van der Waals surface area contributed by atoms with Gasteiger partial charge in [0.05, 0.1) is 26.6 Å². The minimum absolute atomic E-state index is 0.139. The van der Waals surface area contributed by atoms with Crippen molar-refractivity contribution in [2.75, 3.05) is 13.7 Å². The van der Waals surface area contributed by atoms with Gasteiger partial charge in [-0.2, -0.15) is 0 Å². The molecule has 22 heavy (non-hydrogen) atoms. The first-order chi connectivity index (χ1) is 10.3. The zero-order chi connectivity index (χ0) is 16.9. The van der Waals surface area contributed by atoms with Crippen LogP contribution < -0.4 is 0 Å². The lowest BCUT2D eigenvalue weighted by molar-refractivity contribution is -0.177. The Balaban J connectivity index is 3.09. The number of methoxy groups -OCH3 is 1. The van der Waals surface area contributed by atoms with Crippen molar-refractivity contribution >= 4 is 23.9 Å². The fourth-order valence-corrected chi connectivity index (χ4v) is 2.82. The summed E-state index contributed by atoms with van der Waals surface area (Å²) in [7, 11) is 1.11. The molecule has 0 spiro atoms. The van der Waals surface area contributed by atoms with E-state index in [2.05, 4.69) is 4.74 Å². The number of aliphatic carboxylic acids is 3. The Kier molecular flexibility index (Phi) is 6.29. The molecule has 0 aliphatic carbocycles. The Morgan fingerprint density at radius 3 is 1.91 bits per heavy atom. The molecule has 1 rings (SSSR count). The Labute approximate surface area is 125 Å². The predicted octanol–water partition coefficient (Wildman–Crippen LogP) is -0.169. The first-order valence-electron chi connectivity index (χ1n) is 6.61. The topological polar surface area (TPSA) is 147 Å². The quantitative estimate of drug-likeness (QED) is 0.544. The maximum absolute atomic E-state index is 11.7. The number of carbonyl (C=O) groups excluding carboxylic acids is 1. The molecular weight excluding hydrogens is 300 g/mol. The minimum atomic E-state index is -1.23. The van der Waals surface area contributed by atoms with E-state index < -0.39 is 60.6 Å². The number of rotatable bonds is 7. The third-order valence-corrected chi connectivity index (χ3v) is 3.73. The maximum Gasteiger partial charge on any atom is 0.335 e. The van der Waals surface area contributed by atoms with Gasteiger partial charge in [0.15, 0.2) is 6.10 Å². The van der Waals surface area contributed by atoms with Crippen molar-refractivity contribution in [1.82, 2.24) is 0 Å². The Morgan fingerprint density at radius 1 is 0.955 bits per heavy atom. The van der Waals surface area contributed by atoms with Gasteiger partial charge in [0.2, 0.25) is 0 Å². The monoisotopic (exact) mass is 318 g/mol. The number of carboxylic acid groups (broad SMARTS) is 3. The second-order valence-electron chi connectivity index (χ2n) is 5.16. The molecule has 0 aromatic carbocycles. The fourth-order valence-electron chi connectivity index (χ4n) is 2.82. The van der Waals surface area contributed by atoms with Gasteiger partial charge in [0.25, 0.3) is 0 Å². The molecule has 4 atom stereocenters. The molecular formula is C13H18O9. The van der Waals surface area contributed by atoms with E-state index in [0.29, 0.717) is 0 Å². The van der Waals surface area contributed by atoms with Gasteiger partial charge in [-0.05, 0) is 11.8 Å². The van der Waals surface area contributed by atoms with Crippen molar-refractivity contribution in [1.29, 1.82) is 0 Å². The van der Waals surface area contributed by atoms with Crippen LogP contribution in [-0.4, -0.2) is 59.0 Å². The van der Waals surface area contributed by atoms with E-state index in [1.807, 2.05) is 0 Å². The number of carbonyl (C=O) groups is 4. The summed E-state index contributed by atoms with van der Waals surface area (Å²) in [4.78, 5) is 44.6. The molecule has 1 aliphatic rings. The van der Waals surface area contributed by atoms with E-state index in [4.69, 9.17) is 20.1 Å². The molecule has 3 N–H and O–H groups in total. The van der Waals surface area contributed by atoms with Crippen molar-refractivity contribution in [3.05, 3.63) is 0 Å². The molecule has 4 unspecified atom stereocenters. The van der Waals surface area contributed by atoms with E-state index >= 15 is 0 Å². The molecule has 0 amide bonds. The molecule has 1 aliphatic heterocycles. The largest absolute Gasteiger partial charge is 0.481 e. The van der Waals surface area contributed by atoms with Crippen LogP contribution in [0.1, 0.15) is 19.3 Å². The summed E-state index contributed by atoms with van der Waals surface area (Å²) in [5.74, 6) is -6.80. The summed E-state index contributed by atoms with van der Waals surface area (Å²) in [5.41, 5.74) is 0. The molecule has 1 fully saturated rings. The molecule has 0 bridgehead atoms. The van der Waals surface area contributed by atoms with Crippen molar-refractivity contribution in [2.45, 2.75) is 25.4 Å². The van der Waals surface area contributed by atoms with E-state index in [1.54, 1.807) is 0 Å². The molecule has 1 heterocycles. The van der Waals surface area contributed by atoms with E-state index in [1.165, 1.54) is 0 Å². The van der Waals surface area contributed by atoms with Crippen LogP contribution >= 0.6 is 0 Å². The third kappa shape index (κ3) is 4.69. The highest BCUT2D eigenvalue weighted by atomic mass is 16.6. The number of hydrogen-bond donors (Lipinski definition) is 3. The molecule has 9 heteroatoms. The highest BCUT2D eigenvalue weighted by molar-refractivity contribution is 5.77. The first-order valence-corrected chi connectivity index (χ1v) is 6.61. The number of hydrogen-bond acceptors (Lipinski definition) is 6. The van der Waals surface area contributed by atoms with Crippen LogP contribution in [0.2, 0.25) is 0 Å². The lowest BCUT2D eigenvalue weighted by Crippen LogP contribution is -2.48. The van der Waals surface area contributed by atoms with Gasteiger partial charge >= 0.3 is 23.9 Å². The summed E-state index contributed by atoms with van der Waals surface area (Å²) < 4.78 is 9.83. The zero-order valence-corrected chi connectivity index (χ0v) is 11.9. The molecule has 1 saturated heterocycles. The summed E-state index contributed by atoms with van der Waals surface area (Å²) in [6.45, 7) is -0.139. The standard InChI is InChI=1S/C13H18O9/c1-21-13(20)12-8(4-11(18)19)7(3-10(16)17)6(5-22-12)2-9(14)15/h6-8,12H,2-5H2,1H3,(H,14,15)(H,16,17)(H,18,19). The van der Waals surface area contributed by atoms with Crippen LogP contribution in [0.3, 0.4) is 0 Å². The van der Waals surface area contributed by atoms with E-state index in [9.17, 15) is 19.2 Å². The van der Waals surface area contributed by atoms with Gasteiger partial charge in [0, 0.05) is 12.3 Å². The zero-order valence-electron chi connectivity index (χ0n) is 11.9.